The Labute approximate surface area is 76.8 Å². The van der Waals surface area contributed by atoms with Crippen molar-refractivity contribution in [3.63, 3.8) is 0 Å². The zero-order chi connectivity index (χ0) is 8.55. The molecular weight excluding hydrogens is 168 g/mol. The average molecular weight is 182 g/mol. The maximum Gasteiger partial charge on any atom is 0.0960 e. The molecule has 1 aromatic heterocycles. The molecule has 0 radical (unpaired) electrons. The second-order valence-electron chi connectivity index (χ2n) is 3.65. The summed E-state index contributed by atoms with van der Waals surface area (Å²) in [5.41, 5.74) is 6.54. The van der Waals surface area contributed by atoms with Crippen LogP contribution in [0.25, 0.3) is 0 Å². The molecule has 2 N–H and O–H groups in total. The molecule has 0 bridgehead atoms. The predicted molar refractivity (Wildman–Crippen MR) is 51.1 cm³/mol. The summed E-state index contributed by atoms with van der Waals surface area (Å²) in [6.45, 7) is 2.88. The molecule has 66 valence electrons. The molecule has 0 atom stereocenters. The highest BCUT2D eigenvalue weighted by molar-refractivity contribution is 7.09. The second-order valence-corrected chi connectivity index (χ2v) is 4.54. The van der Waals surface area contributed by atoms with Crippen LogP contribution in [0.1, 0.15) is 36.4 Å². The van der Waals surface area contributed by atoms with Gasteiger partial charge in [0.15, 0.2) is 0 Å². The van der Waals surface area contributed by atoms with Crippen molar-refractivity contribution < 1.29 is 0 Å². The lowest BCUT2D eigenvalue weighted by molar-refractivity contribution is 0.287. The van der Waals surface area contributed by atoms with Crippen LogP contribution in [-0.4, -0.2) is 4.98 Å². The lowest BCUT2D eigenvalue weighted by Crippen LogP contribution is -2.18. The number of rotatable bonds is 2. The number of nitrogens with two attached hydrogens (primary N) is 1. The summed E-state index contributed by atoms with van der Waals surface area (Å²) in [6.07, 6.45) is 2.63. The highest BCUT2D eigenvalue weighted by atomic mass is 32.1. The van der Waals surface area contributed by atoms with E-state index in [1.165, 1.54) is 17.8 Å². The molecule has 1 aliphatic carbocycles. The average Bonchev–Trinajstić information content (AvgIpc) is 2.46. The van der Waals surface area contributed by atoms with Crippen molar-refractivity contribution in [1.82, 2.24) is 4.98 Å². The van der Waals surface area contributed by atoms with Gasteiger partial charge in [-0.1, -0.05) is 6.92 Å². The van der Waals surface area contributed by atoms with Crippen molar-refractivity contribution in [3.05, 3.63) is 16.1 Å². The molecule has 1 aliphatic rings. The van der Waals surface area contributed by atoms with Gasteiger partial charge in [0.1, 0.15) is 0 Å². The van der Waals surface area contributed by atoms with E-state index in [9.17, 15) is 0 Å². The van der Waals surface area contributed by atoms with Crippen LogP contribution in [0.4, 0.5) is 0 Å². The summed E-state index contributed by atoms with van der Waals surface area (Å²) in [4.78, 5) is 4.48. The van der Waals surface area contributed by atoms with Crippen molar-refractivity contribution in [1.29, 1.82) is 0 Å². The summed E-state index contributed by atoms with van der Waals surface area (Å²) in [5, 5.41) is 3.38. The van der Waals surface area contributed by atoms with E-state index in [0.717, 1.165) is 17.5 Å². The van der Waals surface area contributed by atoms with Gasteiger partial charge in [-0.15, -0.1) is 11.3 Å². The minimum Gasteiger partial charge on any atom is -0.325 e. The molecule has 0 amide bonds. The van der Waals surface area contributed by atoms with Crippen LogP contribution in [0.3, 0.4) is 0 Å². The van der Waals surface area contributed by atoms with Gasteiger partial charge in [0, 0.05) is 17.8 Å². The van der Waals surface area contributed by atoms with Gasteiger partial charge in [-0.05, 0) is 18.8 Å². The predicted octanol–water partition coefficient (Wildman–Crippen LogP) is 2.12. The third-order valence-electron chi connectivity index (χ3n) is 2.50. The van der Waals surface area contributed by atoms with Gasteiger partial charge < -0.3 is 5.73 Å². The van der Waals surface area contributed by atoms with E-state index in [-0.39, 0.29) is 0 Å². The highest BCUT2D eigenvalue weighted by Crippen LogP contribution is 2.42. The first-order valence-electron chi connectivity index (χ1n) is 4.44. The molecule has 0 spiro atoms. The minimum absolute atomic E-state index is 0.582. The number of aromatic nitrogens is 1. The molecule has 0 aliphatic heterocycles. The molecule has 0 saturated heterocycles. The fraction of sp³-hybridized carbons (Fsp3) is 0.667. The van der Waals surface area contributed by atoms with Gasteiger partial charge in [-0.3, -0.25) is 0 Å². The van der Waals surface area contributed by atoms with Gasteiger partial charge in [-0.25, -0.2) is 4.98 Å². The molecule has 1 saturated carbocycles. The van der Waals surface area contributed by atoms with Gasteiger partial charge in [-0.2, -0.15) is 0 Å². The Bertz CT molecular complexity index is 263. The Morgan fingerprint density at radius 2 is 2.42 bits per heavy atom. The van der Waals surface area contributed by atoms with Crippen LogP contribution < -0.4 is 5.73 Å². The van der Waals surface area contributed by atoms with E-state index in [1.54, 1.807) is 11.3 Å². The highest BCUT2D eigenvalue weighted by Gasteiger charge is 2.28. The van der Waals surface area contributed by atoms with E-state index >= 15 is 0 Å². The van der Waals surface area contributed by atoms with Crippen molar-refractivity contribution in [3.8, 4) is 0 Å². The lowest BCUT2D eigenvalue weighted by atomic mass is 9.77. The van der Waals surface area contributed by atoms with Gasteiger partial charge in [0.05, 0.1) is 10.7 Å². The second kappa shape index (κ2) is 3.15. The molecule has 12 heavy (non-hydrogen) atoms. The van der Waals surface area contributed by atoms with E-state index in [1.807, 2.05) is 0 Å². The molecule has 1 fully saturated rings. The fourth-order valence-electron chi connectivity index (χ4n) is 1.71. The summed E-state index contributed by atoms with van der Waals surface area (Å²) >= 11 is 1.77. The lowest BCUT2D eigenvalue weighted by Gasteiger charge is -2.30. The van der Waals surface area contributed by atoms with Crippen LogP contribution >= 0.6 is 11.3 Å². The summed E-state index contributed by atoms with van der Waals surface area (Å²) in [5.74, 6) is 1.64. The first-order valence-corrected chi connectivity index (χ1v) is 5.32. The first-order chi connectivity index (χ1) is 5.79. The van der Waals surface area contributed by atoms with Gasteiger partial charge in [0.25, 0.3) is 0 Å². The minimum atomic E-state index is 0.582. The Hall–Kier alpha value is -0.410. The number of nitrogens with zero attached hydrogens (tertiary/aromatic N) is 1. The molecular formula is C9H14N2S. The Morgan fingerprint density at radius 1 is 1.67 bits per heavy atom. The topological polar surface area (TPSA) is 38.9 Å². The van der Waals surface area contributed by atoms with E-state index < -0.39 is 0 Å². The maximum atomic E-state index is 5.49. The van der Waals surface area contributed by atoms with Gasteiger partial charge >= 0.3 is 0 Å². The Kier molecular flexibility index (Phi) is 2.15. The van der Waals surface area contributed by atoms with Crippen LogP contribution in [-0.2, 0) is 6.54 Å². The molecule has 0 unspecified atom stereocenters. The van der Waals surface area contributed by atoms with Crippen molar-refractivity contribution in [2.75, 3.05) is 0 Å². The summed E-state index contributed by atoms with van der Waals surface area (Å²) < 4.78 is 0. The number of thiazole rings is 1. The van der Waals surface area contributed by atoms with Crippen LogP contribution in [0, 0.1) is 5.92 Å². The van der Waals surface area contributed by atoms with E-state index in [2.05, 4.69) is 17.3 Å². The first kappa shape index (κ1) is 8.20. The van der Waals surface area contributed by atoms with Crippen LogP contribution in [0.2, 0.25) is 0 Å². The molecule has 2 rings (SSSR count). The number of hydrogen-bond acceptors (Lipinski definition) is 3. The third kappa shape index (κ3) is 1.39. The molecule has 2 nitrogen and oxygen atoms in total. The smallest absolute Gasteiger partial charge is 0.0960 e. The Balaban J connectivity index is 2.04. The SMILES string of the molecule is CC1CC(c2nc(CN)cs2)C1. The fourth-order valence-corrected chi connectivity index (χ4v) is 2.67. The standard InChI is InChI=1S/C9H14N2S/c1-6-2-7(3-6)9-11-8(4-10)5-12-9/h5-7H,2-4,10H2,1H3. The van der Waals surface area contributed by atoms with Crippen LogP contribution in [0.15, 0.2) is 5.38 Å². The molecule has 3 heteroatoms. The van der Waals surface area contributed by atoms with Crippen molar-refractivity contribution in [2.24, 2.45) is 11.7 Å². The zero-order valence-corrected chi connectivity index (χ0v) is 8.10. The zero-order valence-electron chi connectivity index (χ0n) is 7.29. The molecule has 0 aromatic carbocycles. The molecule has 1 heterocycles. The largest absolute Gasteiger partial charge is 0.325 e. The van der Waals surface area contributed by atoms with E-state index in [0.29, 0.717) is 6.54 Å². The van der Waals surface area contributed by atoms with Crippen LogP contribution in [0.5, 0.6) is 0 Å². The number of hydrogen-bond donors (Lipinski definition) is 1. The Morgan fingerprint density at radius 3 is 2.92 bits per heavy atom. The van der Waals surface area contributed by atoms with Gasteiger partial charge in [0.2, 0.25) is 0 Å². The van der Waals surface area contributed by atoms with Crippen molar-refractivity contribution >= 4 is 11.3 Å². The quantitative estimate of drug-likeness (QED) is 0.761. The summed E-state index contributed by atoms with van der Waals surface area (Å²) in [7, 11) is 0. The normalized spacial score (nSPS) is 28.5. The van der Waals surface area contributed by atoms with E-state index in [4.69, 9.17) is 5.73 Å². The summed E-state index contributed by atoms with van der Waals surface area (Å²) in [6, 6.07) is 0. The monoisotopic (exact) mass is 182 g/mol. The van der Waals surface area contributed by atoms with Crippen molar-refractivity contribution in [2.45, 2.75) is 32.2 Å². The maximum absolute atomic E-state index is 5.49. The molecule has 1 aromatic rings. The third-order valence-corrected chi connectivity index (χ3v) is 3.56.